The molecule has 152 valence electrons. The van der Waals surface area contributed by atoms with Crippen LogP contribution in [0.3, 0.4) is 0 Å². The molecular formula is C20H27N3O4S. The van der Waals surface area contributed by atoms with Gasteiger partial charge in [0.1, 0.15) is 5.76 Å². The second-order valence-corrected chi connectivity index (χ2v) is 9.39. The van der Waals surface area contributed by atoms with Crippen LogP contribution >= 0.6 is 0 Å². The van der Waals surface area contributed by atoms with Crippen LogP contribution in [0.1, 0.15) is 26.0 Å². The molecule has 28 heavy (non-hydrogen) atoms. The molecule has 2 aromatic rings. The first kappa shape index (κ1) is 20.6. The number of benzene rings is 1. The summed E-state index contributed by atoms with van der Waals surface area (Å²) in [6, 6.07) is 9.65. The van der Waals surface area contributed by atoms with Gasteiger partial charge in [0.2, 0.25) is 15.9 Å². The summed E-state index contributed by atoms with van der Waals surface area (Å²) in [6.07, 6.45) is 2.67. The molecule has 1 fully saturated rings. The highest BCUT2D eigenvalue weighted by molar-refractivity contribution is 7.89. The van der Waals surface area contributed by atoms with Crippen LogP contribution in [0.15, 0.2) is 52.0 Å². The second-order valence-electron chi connectivity index (χ2n) is 7.62. The number of likely N-dealkylation sites (tertiary alicyclic amines) is 1. The van der Waals surface area contributed by atoms with Crippen LogP contribution in [0.5, 0.6) is 0 Å². The molecule has 1 aliphatic rings. The molecule has 2 heterocycles. The minimum atomic E-state index is -3.71. The first-order valence-corrected chi connectivity index (χ1v) is 10.9. The van der Waals surface area contributed by atoms with Gasteiger partial charge >= 0.3 is 0 Å². The molecule has 7 nitrogen and oxygen atoms in total. The maximum Gasteiger partial charge on any atom is 0.241 e. The number of amides is 1. The Kier molecular flexibility index (Phi) is 6.53. The number of nitrogens with one attached hydrogen (secondary N) is 2. The van der Waals surface area contributed by atoms with E-state index in [0.29, 0.717) is 29.8 Å². The fourth-order valence-corrected chi connectivity index (χ4v) is 4.77. The number of carbonyl (C=O) groups is 1. The Labute approximate surface area is 166 Å². The van der Waals surface area contributed by atoms with Crippen molar-refractivity contribution in [3.63, 3.8) is 0 Å². The Hall–Kier alpha value is -2.16. The van der Waals surface area contributed by atoms with Gasteiger partial charge in [0, 0.05) is 18.8 Å². The Bertz CT molecular complexity index is 886. The normalized spacial score (nSPS) is 20.8. The van der Waals surface area contributed by atoms with Crippen LogP contribution in [-0.2, 0) is 21.4 Å². The molecule has 0 aliphatic carbocycles. The highest BCUT2D eigenvalue weighted by Crippen LogP contribution is 2.21. The van der Waals surface area contributed by atoms with Crippen molar-refractivity contribution >= 4 is 21.6 Å². The Morgan fingerprint density at radius 3 is 2.61 bits per heavy atom. The van der Waals surface area contributed by atoms with Crippen molar-refractivity contribution in [3.8, 4) is 0 Å². The Morgan fingerprint density at radius 1 is 1.18 bits per heavy atom. The van der Waals surface area contributed by atoms with Crippen LogP contribution in [0.4, 0.5) is 5.69 Å². The number of hydrogen-bond donors (Lipinski definition) is 2. The van der Waals surface area contributed by atoms with Gasteiger partial charge in [-0.05, 0) is 48.6 Å². The van der Waals surface area contributed by atoms with Crippen molar-refractivity contribution < 1.29 is 17.6 Å². The summed E-state index contributed by atoms with van der Waals surface area (Å²) < 4.78 is 32.6. The molecule has 0 bridgehead atoms. The third kappa shape index (κ3) is 5.67. The van der Waals surface area contributed by atoms with E-state index < -0.39 is 10.0 Å². The summed E-state index contributed by atoms with van der Waals surface area (Å²) in [5.74, 6) is 1.54. The van der Waals surface area contributed by atoms with Crippen LogP contribution in [0.2, 0.25) is 0 Å². The molecule has 0 saturated carbocycles. The largest absolute Gasteiger partial charge is 0.468 e. The quantitative estimate of drug-likeness (QED) is 0.739. The van der Waals surface area contributed by atoms with E-state index in [9.17, 15) is 13.2 Å². The summed E-state index contributed by atoms with van der Waals surface area (Å²) in [5, 5.41) is 2.81. The summed E-state index contributed by atoms with van der Waals surface area (Å²) in [7, 11) is -3.71. The number of nitrogens with zero attached hydrogens (tertiary/aromatic N) is 1. The third-order valence-electron chi connectivity index (χ3n) is 4.76. The lowest BCUT2D eigenvalue weighted by Gasteiger charge is -2.34. The third-order valence-corrected chi connectivity index (χ3v) is 6.16. The van der Waals surface area contributed by atoms with Crippen LogP contribution in [-0.4, -0.2) is 38.9 Å². The van der Waals surface area contributed by atoms with Crippen molar-refractivity contribution in [1.82, 2.24) is 9.62 Å². The van der Waals surface area contributed by atoms with E-state index in [1.54, 1.807) is 24.3 Å². The lowest BCUT2D eigenvalue weighted by atomic mass is 9.92. The summed E-state index contributed by atoms with van der Waals surface area (Å²) in [6.45, 7) is 6.58. The summed E-state index contributed by atoms with van der Waals surface area (Å²) in [5.41, 5.74) is 0.462. The van der Waals surface area contributed by atoms with Crippen molar-refractivity contribution in [3.05, 3.63) is 48.4 Å². The molecule has 8 heteroatoms. The fraction of sp³-hybridized carbons (Fsp3) is 0.450. The molecule has 1 amide bonds. The first-order valence-electron chi connectivity index (χ1n) is 9.46. The number of sulfonamides is 1. The highest BCUT2D eigenvalue weighted by Gasteiger charge is 2.23. The van der Waals surface area contributed by atoms with Crippen LogP contribution in [0, 0.1) is 11.8 Å². The number of furan rings is 1. The van der Waals surface area contributed by atoms with Crippen LogP contribution < -0.4 is 10.0 Å². The van der Waals surface area contributed by atoms with E-state index in [1.165, 1.54) is 24.8 Å². The number of rotatable bonds is 7. The molecule has 0 radical (unpaired) electrons. The van der Waals surface area contributed by atoms with Gasteiger partial charge in [-0.2, -0.15) is 0 Å². The number of anilines is 1. The molecule has 1 saturated heterocycles. The van der Waals surface area contributed by atoms with Gasteiger partial charge in [0.25, 0.3) is 0 Å². The molecule has 3 rings (SSSR count). The summed E-state index contributed by atoms with van der Waals surface area (Å²) in [4.78, 5) is 14.7. The number of hydrogen-bond acceptors (Lipinski definition) is 5. The highest BCUT2D eigenvalue weighted by atomic mass is 32.2. The van der Waals surface area contributed by atoms with Crippen LogP contribution in [0.25, 0.3) is 0 Å². The Morgan fingerprint density at radius 2 is 1.93 bits per heavy atom. The molecular weight excluding hydrogens is 378 g/mol. The van der Waals surface area contributed by atoms with Gasteiger partial charge in [0.15, 0.2) is 0 Å². The van der Waals surface area contributed by atoms with Gasteiger partial charge in [0.05, 0.1) is 24.2 Å². The number of piperidine rings is 1. The van der Waals surface area contributed by atoms with Crippen molar-refractivity contribution in [2.45, 2.75) is 31.7 Å². The van der Waals surface area contributed by atoms with E-state index in [0.717, 1.165) is 13.1 Å². The van der Waals surface area contributed by atoms with Crippen molar-refractivity contribution in [2.75, 3.05) is 25.0 Å². The van der Waals surface area contributed by atoms with Gasteiger partial charge in [-0.3, -0.25) is 9.69 Å². The predicted octanol–water partition coefficient (Wildman–Crippen LogP) is 2.67. The lowest BCUT2D eigenvalue weighted by molar-refractivity contribution is -0.117. The van der Waals surface area contributed by atoms with Gasteiger partial charge < -0.3 is 9.73 Å². The zero-order valence-electron chi connectivity index (χ0n) is 16.2. The van der Waals surface area contributed by atoms with E-state index in [4.69, 9.17) is 4.42 Å². The fourth-order valence-electron chi connectivity index (χ4n) is 3.73. The van der Waals surface area contributed by atoms with Gasteiger partial charge in [-0.15, -0.1) is 0 Å². The monoisotopic (exact) mass is 405 g/mol. The van der Waals surface area contributed by atoms with E-state index in [-0.39, 0.29) is 17.3 Å². The minimum absolute atomic E-state index is 0.0667. The topological polar surface area (TPSA) is 91.7 Å². The minimum Gasteiger partial charge on any atom is -0.468 e. The maximum atomic E-state index is 12.5. The van der Waals surface area contributed by atoms with E-state index in [1.807, 2.05) is 0 Å². The lowest BCUT2D eigenvalue weighted by Crippen LogP contribution is -2.42. The number of carbonyl (C=O) groups excluding carboxylic acids is 1. The molecule has 0 spiro atoms. The standard InChI is InChI=1S/C20H27N3O4S/c1-15-9-16(2)13-23(12-15)14-20(24)22-17-5-3-7-19(10-17)28(25,26)21-11-18-6-4-8-27-18/h3-8,10,15-16,21H,9,11-14H2,1-2H3,(H,22,24)/t15-,16+. The zero-order valence-corrected chi connectivity index (χ0v) is 17.0. The molecule has 2 atom stereocenters. The first-order chi connectivity index (χ1) is 13.3. The SMILES string of the molecule is C[C@@H]1C[C@H](C)CN(CC(=O)Nc2cccc(S(=O)(=O)NCc3ccco3)c2)C1. The van der Waals surface area contributed by atoms with Crippen molar-refractivity contribution in [1.29, 1.82) is 0 Å². The molecule has 1 aromatic carbocycles. The smallest absolute Gasteiger partial charge is 0.241 e. The summed E-state index contributed by atoms with van der Waals surface area (Å²) >= 11 is 0. The molecule has 1 aliphatic heterocycles. The molecule has 2 N–H and O–H groups in total. The molecule has 1 aromatic heterocycles. The zero-order chi connectivity index (χ0) is 20.1. The second kappa shape index (κ2) is 8.89. The van der Waals surface area contributed by atoms with E-state index >= 15 is 0 Å². The van der Waals surface area contributed by atoms with Gasteiger partial charge in [-0.25, -0.2) is 13.1 Å². The van der Waals surface area contributed by atoms with Gasteiger partial charge in [-0.1, -0.05) is 19.9 Å². The molecule has 0 unspecified atom stereocenters. The van der Waals surface area contributed by atoms with E-state index in [2.05, 4.69) is 28.8 Å². The maximum absolute atomic E-state index is 12.5. The van der Waals surface area contributed by atoms with Crippen molar-refractivity contribution in [2.24, 2.45) is 11.8 Å². The average molecular weight is 406 g/mol. The average Bonchev–Trinajstić information content (AvgIpc) is 3.13. The Balaban J connectivity index is 1.60. The predicted molar refractivity (Wildman–Crippen MR) is 107 cm³/mol.